The minimum atomic E-state index is 0.0450. The van der Waals surface area contributed by atoms with Gasteiger partial charge in [0.05, 0.1) is 5.69 Å². The van der Waals surface area contributed by atoms with Gasteiger partial charge in [-0.1, -0.05) is 39.0 Å². The van der Waals surface area contributed by atoms with Crippen molar-refractivity contribution in [2.45, 2.75) is 66.3 Å². The van der Waals surface area contributed by atoms with Crippen molar-refractivity contribution in [2.24, 2.45) is 0 Å². The van der Waals surface area contributed by atoms with Crippen LogP contribution in [0.25, 0.3) is 5.69 Å². The Hall–Kier alpha value is -1.57. The van der Waals surface area contributed by atoms with Gasteiger partial charge >= 0.3 is 0 Å². The predicted molar refractivity (Wildman–Crippen MR) is 89.1 cm³/mol. The molecule has 0 atom stereocenters. The SMILES string of the molecule is Cc1cc(C)[n+](C(C)(C)C)n1-c1ccccc1C(C)(C)C. The van der Waals surface area contributed by atoms with E-state index < -0.39 is 0 Å². The first-order valence-corrected chi connectivity index (χ1v) is 7.75. The molecule has 0 unspecified atom stereocenters. The molecule has 0 radical (unpaired) electrons. The maximum absolute atomic E-state index is 2.40. The van der Waals surface area contributed by atoms with Gasteiger partial charge in [0, 0.05) is 33.8 Å². The summed E-state index contributed by atoms with van der Waals surface area (Å²) in [7, 11) is 0. The minimum absolute atomic E-state index is 0.0450. The topological polar surface area (TPSA) is 8.81 Å². The summed E-state index contributed by atoms with van der Waals surface area (Å²) in [4.78, 5) is 0. The third kappa shape index (κ3) is 2.90. The van der Waals surface area contributed by atoms with Crippen molar-refractivity contribution in [1.82, 2.24) is 4.68 Å². The molecular formula is C19H29N2+. The molecule has 1 aromatic carbocycles. The molecular weight excluding hydrogens is 256 g/mol. The quantitative estimate of drug-likeness (QED) is 0.685. The normalized spacial score (nSPS) is 12.8. The van der Waals surface area contributed by atoms with Gasteiger partial charge in [0.15, 0.2) is 5.54 Å². The molecule has 0 aliphatic carbocycles. The van der Waals surface area contributed by atoms with Crippen LogP contribution in [0.3, 0.4) is 0 Å². The highest BCUT2D eigenvalue weighted by Gasteiger charge is 2.33. The van der Waals surface area contributed by atoms with E-state index in [0.717, 1.165) is 0 Å². The van der Waals surface area contributed by atoms with Gasteiger partial charge in [-0.05, 0) is 24.0 Å². The first-order valence-electron chi connectivity index (χ1n) is 7.75. The van der Waals surface area contributed by atoms with Gasteiger partial charge in [-0.2, -0.15) is 0 Å². The molecule has 2 aromatic rings. The number of rotatable bonds is 1. The van der Waals surface area contributed by atoms with Crippen LogP contribution in [0.4, 0.5) is 0 Å². The maximum atomic E-state index is 2.40. The molecule has 0 bridgehead atoms. The molecule has 0 fully saturated rings. The van der Waals surface area contributed by atoms with E-state index in [2.05, 4.69) is 95.1 Å². The summed E-state index contributed by atoms with van der Waals surface area (Å²) in [5, 5.41) is 0. The van der Waals surface area contributed by atoms with Crippen LogP contribution in [0.1, 0.15) is 58.5 Å². The number of hydrogen-bond donors (Lipinski definition) is 0. The Labute approximate surface area is 129 Å². The fourth-order valence-electron chi connectivity index (χ4n) is 3.16. The van der Waals surface area contributed by atoms with Gasteiger partial charge in [0.2, 0.25) is 5.69 Å². The monoisotopic (exact) mass is 285 g/mol. The highest BCUT2D eigenvalue weighted by atomic mass is 15.4. The molecule has 1 heterocycles. The molecule has 114 valence electrons. The van der Waals surface area contributed by atoms with Crippen LogP contribution in [0.15, 0.2) is 30.3 Å². The number of aryl methyl sites for hydroxylation is 2. The van der Waals surface area contributed by atoms with Crippen molar-refractivity contribution in [3.05, 3.63) is 47.3 Å². The zero-order chi connectivity index (χ0) is 16.0. The number of para-hydroxylation sites is 1. The van der Waals surface area contributed by atoms with Crippen molar-refractivity contribution in [2.75, 3.05) is 0 Å². The summed E-state index contributed by atoms with van der Waals surface area (Å²) in [5.41, 5.74) is 5.40. The lowest BCUT2D eigenvalue weighted by atomic mass is 9.86. The highest BCUT2D eigenvalue weighted by molar-refractivity contribution is 5.44. The summed E-state index contributed by atoms with van der Waals surface area (Å²) >= 11 is 0. The molecule has 0 saturated carbocycles. The first-order chi connectivity index (χ1) is 9.53. The van der Waals surface area contributed by atoms with Crippen LogP contribution in [0.5, 0.6) is 0 Å². The second kappa shape index (κ2) is 5.01. The molecule has 0 amide bonds. The predicted octanol–water partition coefficient (Wildman–Crippen LogP) is 4.43. The smallest absolute Gasteiger partial charge is 0.125 e. The van der Waals surface area contributed by atoms with Crippen molar-refractivity contribution in [3.63, 3.8) is 0 Å². The fourth-order valence-corrected chi connectivity index (χ4v) is 3.16. The summed E-state index contributed by atoms with van der Waals surface area (Å²) < 4.78 is 4.77. The Morgan fingerprint density at radius 3 is 2.00 bits per heavy atom. The summed E-state index contributed by atoms with van der Waals surface area (Å²) in [6.07, 6.45) is 0. The van der Waals surface area contributed by atoms with E-state index in [1.807, 2.05) is 0 Å². The van der Waals surface area contributed by atoms with Crippen LogP contribution in [0.2, 0.25) is 0 Å². The Morgan fingerprint density at radius 1 is 0.905 bits per heavy atom. The Balaban J connectivity index is 2.81. The second-order valence-corrected chi connectivity index (χ2v) is 7.99. The Kier molecular flexibility index (Phi) is 3.77. The molecule has 2 nitrogen and oxygen atoms in total. The van der Waals surface area contributed by atoms with Crippen molar-refractivity contribution < 1.29 is 4.68 Å². The molecule has 2 heteroatoms. The van der Waals surface area contributed by atoms with E-state index in [4.69, 9.17) is 0 Å². The zero-order valence-electron chi connectivity index (χ0n) is 14.8. The fraction of sp³-hybridized carbons (Fsp3) is 0.526. The first kappa shape index (κ1) is 15.8. The van der Waals surface area contributed by atoms with Crippen molar-refractivity contribution in [1.29, 1.82) is 0 Å². The zero-order valence-corrected chi connectivity index (χ0v) is 14.8. The van der Waals surface area contributed by atoms with E-state index >= 15 is 0 Å². The van der Waals surface area contributed by atoms with Crippen LogP contribution in [-0.2, 0) is 11.0 Å². The van der Waals surface area contributed by atoms with Crippen LogP contribution in [-0.4, -0.2) is 4.68 Å². The van der Waals surface area contributed by atoms with Gasteiger partial charge in [-0.3, -0.25) is 0 Å². The van der Waals surface area contributed by atoms with Crippen molar-refractivity contribution in [3.8, 4) is 5.69 Å². The second-order valence-electron chi connectivity index (χ2n) is 7.99. The molecule has 0 N–H and O–H groups in total. The summed E-state index contributed by atoms with van der Waals surface area (Å²) in [6, 6.07) is 11.0. The van der Waals surface area contributed by atoms with Crippen molar-refractivity contribution >= 4 is 0 Å². The van der Waals surface area contributed by atoms with E-state index in [1.165, 1.54) is 22.6 Å². The van der Waals surface area contributed by atoms with Gasteiger partial charge < -0.3 is 0 Å². The van der Waals surface area contributed by atoms with E-state index in [9.17, 15) is 0 Å². The van der Waals surface area contributed by atoms with Crippen LogP contribution >= 0.6 is 0 Å². The number of aromatic nitrogens is 2. The molecule has 0 spiro atoms. The van der Waals surface area contributed by atoms with Gasteiger partial charge in [-0.25, -0.2) is 0 Å². The maximum Gasteiger partial charge on any atom is 0.206 e. The lowest BCUT2D eigenvalue weighted by Crippen LogP contribution is -2.58. The third-order valence-electron chi connectivity index (χ3n) is 3.86. The molecule has 21 heavy (non-hydrogen) atoms. The van der Waals surface area contributed by atoms with E-state index in [1.54, 1.807) is 0 Å². The highest BCUT2D eigenvalue weighted by Crippen LogP contribution is 2.29. The van der Waals surface area contributed by atoms with Gasteiger partial charge in [0.25, 0.3) is 0 Å². The molecule has 0 saturated heterocycles. The molecule has 0 aliphatic heterocycles. The Bertz CT molecular complexity index is 649. The number of benzene rings is 1. The molecule has 1 aromatic heterocycles. The minimum Gasteiger partial charge on any atom is -0.125 e. The average Bonchev–Trinajstić information content (AvgIpc) is 2.62. The van der Waals surface area contributed by atoms with Crippen LogP contribution in [0, 0.1) is 13.8 Å². The summed E-state index contributed by atoms with van der Waals surface area (Å²) in [5.74, 6) is 0. The largest absolute Gasteiger partial charge is 0.206 e. The standard InChI is InChI=1S/C19H29N2/c1-14-13-15(2)21(19(6,7)8)20(14)17-12-10-9-11-16(17)18(3,4)5/h9-13H,1-8H3/q+1. The number of nitrogens with zero attached hydrogens (tertiary/aromatic N) is 2. The van der Waals surface area contributed by atoms with E-state index in [-0.39, 0.29) is 11.0 Å². The summed E-state index contributed by atoms with van der Waals surface area (Å²) in [6.45, 7) is 18.0. The molecule has 0 aliphatic rings. The molecule has 2 rings (SSSR count). The Morgan fingerprint density at radius 2 is 1.48 bits per heavy atom. The van der Waals surface area contributed by atoms with Gasteiger partial charge in [-0.15, -0.1) is 9.36 Å². The third-order valence-corrected chi connectivity index (χ3v) is 3.86. The number of hydrogen-bond acceptors (Lipinski definition) is 0. The lowest BCUT2D eigenvalue weighted by molar-refractivity contribution is -0.822. The van der Waals surface area contributed by atoms with E-state index in [0.29, 0.717) is 0 Å². The van der Waals surface area contributed by atoms with Crippen LogP contribution < -0.4 is 4.68 Å². The lowest BCUT2D eigenvalue weighted by Gasteiger charge is -2.24. The van der Waals surface area contributed by atoms with Gasteiger partial charge in [0.1, 0.15) is 5.69 Å². The average molecular weight is 285 g/mol.